The molecule has 150 valence electrons. The molecule has 0 spiro atoms. The molecule has 1 fully saturated rings. The van der Waals surface area contributed by atoms with Crippen LogP contribution in [-0.2, 0) is 13.1 Å². The second-order valence-electron chi connectivity index (χ2n) is 7.52. The highest BCUT2D eigenvalue weighted by atomic mass is 16.3. The van der Waals surface area contributed by atoms with E-state index in [4.69, 9.17) is 0 Å². The van der Waals surface area contributed by atoms with Gasteiger partial charge in [0, 0.05) is 26.2 Å². The summed E-state index contributed by atoms with van der Waals surface area (Å²) in [6.45, 7) is 4.67. The SMILES string of the molecule is O=C(NCC1CCN(Cc2ccccc2)CC1)N(CCO)Cc1ccccc1. The van der Waals surface area contributed by atoms with Crippen LogP contribution < -0.4 is 5.32 Å². The number of nitrogens with zero attached hydrogens (tertiary/aromatic N) is 2. The molecule has 1 aliphatic rings. The maximum atomic E-state index is 12.6. The molecular formula is C23H31N3O2. The zero-order valence-corrected chi connectivity index (χ0v) is 16.5. The number of rotatable bonds is 8. The summed E-state index contributed by atoms with van der Waals surface area (Å²) >= 11 is 0. The highest BCUT2D eigenvalue weighted by molar-refractivity contribution is 5.74. The molecule has 2 amide bonds. The van der Waals surface area contributed by atoms with Crippen LogP contribution in [0.15, 0.2) is 60.7 Å². The summed E-state index contributed by atoms with van der Waals surface area (Å²) < 4.78 is 0. The summed E-state index contributed by atoms with van der Waals surface area (Å²) in [7, 11) is 0. The summed E-state index contributed by atoms with van der Waals surface area (Å²) in [4.78, 5) is 16.7. The van der Waals surface area contributed by atoms with Crippen molar-refractivity contribution in [1.29, 1.82) is 0 Å². The van der Waals surface area contributed by atoms with Crippen LogP contribution in [0.3, 0.4) is 0 Å². The summed E-state index contributed by atoms with van der Waals surface area (Å²) in [5.74, 6) is 0.517. The lowest BCUT2D eigenvalue weighted by Gasteiger charge is -2.32. The molecule has 0 atom stereocenters. The number of piperidine rings is 1. The zero-order valence-electron chi connectivity index (χ0n) is 16.5. The van der Waals surface area contributed by atoms with E-state index >= 15 is 0 Å². The van der Waals surface area contributed by atoms with Gasteiger partial charge < -0.3 is 15.3 Å². The monoisotopic (exact) mass is 381 g/mol. The molecule has 0 aliphatic carbocycles. The summed E-state index contributed by atoms with van der Waals surface area (Å²) in [6.07, 6.45) is 2.21. The van der Waals surface area contributed by atoms with E-state index in [2.05, 4.69) is 40.5 Å². The number of carbonyl (C=O) groups is 1. The van der Waals surface area contributed by atoms with Crippen molar-refractivity contribution in [2.75, 3.05) is 32.8 Å². The Hall–Kier alpha value is -2.37. The summed E-state index contributed by atoms with van der Waals surface area (Å²) in [5, 5.41) is 12.4. The Labute approximate surface area is 168 Å². The Bertz CT molecular complexity index is 700. The van der Waals surface area contributed by atoms with E-state index in [1.54, 1.807) is 4.90 Å². The number of hydrogen-bond donors (Lipinski definition) is 2. The highest BCUT2D eigenvalue weighted by Gasteiger charge is 2.21. The van der Waals surface area contributed by atoms with Gasteiger partial charge >= 0.3 is 6.03 Å². The Morgan fingerprint density at radius 3 is 2.21 bits per heavy atom. The first-order valence-electron chi connectivity index (χ1n) is 10.2. The van der Waals surface area contributed by atoms with Gasteiger partial charge in [0.15, 0.2) is 0 Å². The average Bonchev–Trinajstić information content (AvgIpc) is 2.74. The summed E-state index contributed by atoms with van der Waals surface area (Å²) in [5.41, 5.74) is 2.43. The lowest BCUT2D eigenvalue weighted by Crippen LogP contribution is -2.44. The molecule has 5 heteroatoms. The predicted octanol–water partition coefficient (Wildman–Crippen LogP) is 3.10. The van der Waals surface area contributed by atoms with Crippen molar-refractivity contribution in [1.82, 2.24) is 15.1 Å². The molecule has 0 aromatic heterocycles. The smallest absolute Gasteiger partial charge is 0.317 e. The van der Waals surface area contributed by atoms with Crippen molar-refractivity contribution in [3.63, 3.8) is 0 Å². The topological polar surface area (TPSA) is 55.8 Å². The number of likely N-dealkylation sites (tertiary alicyclic amines) is 1. The second kappa shape index (κ2) is 10.8. The van der Waals surface area contributed by atoms with Gasteiger partial charge in [0.1, 0.15) is 0 Å². The van der Waals surface area contributed by atoms with E-state index in [-0.39, 0.29) is 12.6 Å². The van der Waals surface area contributed by atoms with Crippen LogP contribution in [0.5, 0.6) is 0 Å². The standard InChI is InChI=1S/C23H31N3O2/c27-16-15-26(19-22-9-5-2-6-10-22)23(28)24-17-20-11-13-25(14-12-20)18-21-7-3-1-4-8-21/h1-10,20,27H,11-19H2,(H,24,28). The van der Waals surface area contributed by atoms with Crippen LogP contribution in [0.25, 0.3) is 0 Å². The number of urea groups is 1. The first-order valence-corrected chi connectivity index (χ1v) is 10.2. The predicted molar refractivity (Wildman–Crippen MR) is 112 cm³/mol. The normalized spacial score (nSPS) is 15.3. The van der Waals surface area contributed by atoms with Crippen LogP contribution in [0.2, 0.25) is 0 Å². The lowest BCUT2D eigenvalue weighted by molar-refractivity contribution is 0.160. The third kappa shape index (κ3) is 6.36. The van der Waals surface area contributed by atoms with Gasteiger partial charge in [0.25, 0.3) is 0 Å². The number of aliphatic hydroxyl groups excluding tert-OH is 1. The van der Waals surface area contributed by atoms with E-state index in [1.807, 2.05) is 30.3 Å². The Balaban J connectivity index is 1.41. The molecule has 2 aromatic rings. The van der Waals surface area contributed by atoms with Crippen LogP contribution in [0, 0.1) is 5.92 Å². The molecule has 28 heavy (non-hydrogen) atoms. The molecule has 0 radical (unpaired) electrons. The zero-order chi connectivity index (χ0) is 19.6. The van der Waals surface area contributed by atoms with Gasteiger partial charge in [-0.05, 0) is 43.0 Å². The fourth-order valence-electron chi connectivity index (χ4n) is 3.71. The van der Waals surface area contributed by atoms with E-state index in [9.17, 15) is 9.90 Å². The van der Waals surface area contributed by atoms with Crippen molar-refractivity contribution < 1.29 is 9.90 Å². The first kappa shape index (κ1) is 20.4. The molecular weight excluding hydrogens is 350 g/mol. The number of amides is 2. The molecule has 1 saturated heterocycles. The van der Waals surface area contributed by atoms with Gasteiger partial charge in [-0.15, -0.1) is 0 Å². The van der Waals surface area contributed by atoms with Gasteiger partial charge in [0.2, 0.25) is 0 Å². The van der Waals surface area contributed by atoms with E-state index in [1.165, 1.54) is 5.56 Å². The average molecular weight is 382 g/mol. The third-order valence-electron chi connectivity index (χ3n) is 5.37. The van der Waals surface area contributed by atoms with E-state index < -0.39 is 0 Å². The minimum absolute atomic E-state index is 0.0296. The second-order valence-corrected chi connectivity index (χ2v) is 7.52. The van der Waals surface area contributed by atoms with Crippen molar-refractivity contribution in [3.05, 3.63) is 71.8 Å². The molecule has 1 heterocycles. The Morgan fingerprint density at radius 2 is 1.61 bits per heavy atom. The molecule has 0 unspecified atom stereocenters. The molecule has 0 bridgehead atoms. The van der Waals surface area contributed by atoms with E-state index in [0.29, 0.717) is 25.6 Å². The third-order valence-corrected chi connectivity index (χ3v) is 5.37. The number of hydrogen-bond acceptors (Lipinski definition) is 3. The summed E-state index contributed by atoms with van der Waals surface area (Å²) in [6, 6.07) is 20.4. The molecule has 1 aliphatic heterocycles. The van der Waals surface area contributed by atoms with Crippen LogP contribution in [0.1, 0.15) is 24.0 Å². The minimum atomic E-state index is -0.0929. The first-order chi connectivity index (χ1) is 13.7. The van der Waals surface area contributed by atoms with Crippen molar-refractivity contribution in [2.45, 2.75) is 25.9 Å². The molecule has 5 nitrogen and oxygen atoms in total. The van der Waals surface area contributed by atoms with Crippen LogP contribution >= 0.6 is 0 Å². The van der Waals surface area contributed by atoms with Crippen LogP contribution in [0.4, 0.5) is 4.79 Å². The number of benzene rings is 2. The maximum Gasteiger partial charge on any atom is 0.317 e. The fraction of sp³-hybridized carbons (Fsp3) is 0.435. The maximum absolute atomic E-state index is 12.6. The van der Waals surface area contributed by atoms with Gasteiger partial charge in [-0.1, -0.05) is 60.7 Å². The van der Waals surface area contributed by atoms with Crippen molar-refractivity contribution >= 4 is 6.03 Å². The number of carbonyl (C=O) groups excluding carboxylic acids is 1. The van der Waals surface area contributed by atoms with Gasteiger partial charge in [-0.2, -0.15) is 0 Å². The van der Waals surface area contributed by atoms with Gasteiger partial charge in [0.05, 0.1) is 6.61 Å². The number of nitrogens with one attached hydrogen (secondary N) is 1. The lowest BCUT2D eigenvalue weighted by atomic mass is 9.96. The molecule has 2 aromatic carbocycles. The quantitative estimate of drug-likeness (QED) is 0.739. The van der Waals surface area contributed by atoms with E-state index in [0.717, 1.165) is 38.0 Å². The molecule has 3 rings (SSSR count). The van der Waals surface area contributed by atoms with Crippen LogP contribution in [-0.4, -0.2) is 53.7 Å². The number of aliphatic hydroxyl groups is 1. The van der Waals surface area contributed by atoms with Crippen molar-refractivity contribution in [3.8, 4) is 0 Å². The molecule has 2 N–H and O–H groups in total. The largest absolute Gasteiger partial charge is 0.395 e. The fourth-order valence-corrected chi connectivity index (χ4v) is 3.71. The minimum Gasteiger partial charge on any atom is -0.395 e. The Morgan fingerprint density at radius 1 is 1.00 bits per heavy atom. The van der Waals surface area contributed by atoms with Gasteiger partial charge in [-0.25, -0.2) is 4.79 Å². The van der Waals surface area contributed by atoms with Gasteiger partial charge in [-0.3, -0.25) is 4.90 Å². The van der Waals surface area contributed by atoms with Crippen molar-refractivity contribution in [2.24, 2.45) is 5.92 Å². The Kier molecular flexibility index (Phi) is 7.88. The molecule has 0 saturated carbocycles. The highest BCUT2D eigenvalue weighted by Crippen LogP contribution is 2.18.